The molecule has 2 aliphatic rings. The van der Waals surface area contributed by atoms with E-state index in [0.717, 1.165) is 30.6 Å². The molecule has 0 amide bonds. The van der Waals surface area contributed by atoms with Crippen LogP contribution in [0, 0.1) is 42.2 Å². The molecule has 0 spiro atoms. The van der Waals surface area contributed by atoms with E-state index < -0.39 is 11.6 Å². The number of rotatable bonds is 5. The zero-order valence-electron chi connectivity index (χ0n) is 15.3. The summed E-state index contributed by atoms with van der Waals surface area (Å²) in [7, 11) is 0. The summed E-state index contributed by atoms with van der Waals surface area (Å²) in [6, 6.07) is 3.11. The van der Waals surface area contributed by atoms with Gasteiger partial charge >= 0.3 is 0 Å². The van der Waals surface area contributed by atoms with Crippen LogP contribution in [-0.4, -0.2) is 6.61 Å². The minimum atomic E-state index is -0.854. The molecule has 0 radical (unpaired) electrons. The monoisotopic (exact) mass is 368 g/mol. The standard InChI is InChI=1S/C22H30F2O.CH4.2H2/c1-3-16-5-9-18(10-6-16)19-11-7-17(8-12-19)14-25-20-13-4-15(2)21(23)22(20)24;;;/h3-4,13,16-19H,1,5-12,14H2,2H3;1H4;2*1H. The second-order valence-corrected chi connectivity index (χ2v) is 8.01. The molecule has 0 atom stereocenters. The molecule has 1 aromatic carbocycles. The van der Waals surface area contributed by atoms with Gasteiger partial charge in [-0.05, 0) is 93.6 Å². The van der Waals surface area contributed by atoms with Crippen LogP contribution in [0.5, 0.6) is 5.75 Å². The Morgan fingerprint density at radius 3 is 2.15 bits per heavy atom. The predicted octanol–water partition coefficient (Wildman–Crippen LogP) is 7.58. The number of hydrogen-bond donors (Lipinski definition) is 0. The Morgan fingerprint density at radius 1 is 1.00 bits per heavy atom. The second-order valence-electron chi connectivity index (χ2n) is 8.01. The molecule has 2 saturated carbocycles. The highest BCUT2D eigenvalue weighted by Gasteiger charge is 2.30. The maximum absolute atomic E-state index is 13.9. The van der Waals surface area contributed by atoms with Gasteiger partial charge in [0, 0.05) is 2.85 Å². The number of benzene rings is 1. The number of halogens is 2. The van der Waals surface area contributed by atoms with Crippen LogP contribution in [0.4, 0.5) is 8.78 Å². The summed E-state index contributed by atoms with van der Waals surface area (Å²) >= 11 is 0. The molecule has 3 heteroatoms. The van der Waals surface area contributed by atoms with Gasteiger partial charge in [-0.2, -0.15) is 4.39 Å². The van der Waals surface area contributed by atoms with Gasteiger partial charge in [-0.1, -0.05) is 19.6 Å². The average molecular weight is 369 g/mol. The smallest absolute Gasteiger partial charge is 0.200 e. The normalized spacial score (nSPS) is 28.9. The maximum atomic E-state index is 13.9. The van der Waals surface area contributed by atoms with Crippen LogP contribution in [0.25, 0.3) is 0 Å². The first-order chi connectivity index (χ1) is 12.1. The minimum Gasteiger partial charge on any atom is -0.490 e. The molecular formula is C23H38F2O. The van der Waals surface area contributed by atoms with E-state index in [1.54, 1.807) is 13.0 Å². The summed E-state index contributed by atoms with van der Waals surface area (Å²) < 4.78 is 33.1. The molecule has 0 heterocycles. The van der Waals surface area contributed by atoms with Crippen LogP contribution in [0.1, 0.15) is 67.2 Å². The van der Waals surface area contributed by atoms with Gasteiger partial charge in [-0.3, -0.25) is 0 Å². The molecule has 3 rings (SSSR count). The molecule has 2 aliphatic carbocycles. The lowest BCUT2D eigenvalue weighted by Crippen LogP contribution is -2.27. The molecule has 0 unspecified atom stereocenters. The van der Waals surface area contributed by atoms with Crippen molar-refractivity contribution in [3.05, 3.63) is 42.0 Å². The molecule has 26 heavy (non-hydrogen) atoms. The van der Waals surface area contributed by atoms with Crippen molar-refractivity contribution in [2.45, 2.75) is 65.7 Å². The SMILES string of the molecule is C.C=CC1CCC(C2CCC(COc3ccc(C)c(F)c3F)CC2)CC1.[HH].[HH]. The first kappa shape index (κ1) is 20.9. The molecule has 0 bridgehead atoms. The summed E-state index contributed by atoms with van der Waals surface area (Å²) in [5.74, 6) is 1.31. The molecule has 150 valence electrons. The Morgan fingerprint density at radius 2 is 1.58 bits per heavy atom. The number of hydrogen-bond acceptors (Lipinski definition) is 1. The topological polar surface area (TPSA) is 9.23 Å². The van der Waals surface area contributed by atoms with Crippen LogP contribution in [0.3, 0.4) is 0 Å². The highest BCUT2D eigenvalue weighted by molar-refractivity contribution is 5.30. The zero-order valence-corrected chi connectivity index (χ0v) is 15.3. The first-order valence-electron chi connectivity index (χ1n) is 9.78. The second kappa shape index (κ2) is 9.53. The van der Waals surface area contributed by atoms with E-state index >= 15 is 0 Å². The number of ether oxygens (including phenoxy) is 1. The molecule has 1 nitrogen and oxygen atoms in total. The molecule has 0 N–H and O–H groups in total. The highest BCUT2D eigenvalue weighted by Crippen LogP contribution is 2.41. The van der Waals surface area contributed by atoms with Crippen molar-refractivity contribution < 1.29 is 16.4 Å². The third-order valence-electron chi connectivity index (χ3n) is 6.42. The molecule has 0 aliphatic heterocycles. The van der Waals surface area contributed by atoms with Gasteiger partial charge in [0.1, 0.15) is 0 Å². The predicted molar refractivity (Wildman–Crippen MR) is 109 cm³/mol. The fourth-order valence-corrected chi connectivity index (χ4v) is 4.63. The van der Waals surface area contributed by atoms with E-state index in [0.29, 0.717) is 18.1 Å². The fourth-order valence-electron chi connectivity index (χ4n) is 4.63. The van der Waals surface area contributed by atoms with Gasteiger partial charge in [-0.15, -0.1) is 6.58 Å². The van der Waals surface area contributed by atoms with Crippen molar-refractivity contribution in [3.63, 3.8) is 0 Å². The Bertz CT molecular complexity index is 593. The lowest BCUT2D eigenvalue weighted by Gasteiger charge is -2.37. The van der Waals surface area contributed by atoms with Crippen molar-refractivity contribution in [1.82, 2.24) is 0 Å². The van der Waals surface area contributed by atoms with E-state index in [1.807, 2.05) is 0 Å². The highest BCUT2D eigenvalue weighted by atomic mass is 19.2. The summed E-state index contributed by atoms with van der Waals surface area (Å²) in [5.41, 5.74) is 0.316. The molecule has 1 aromatic rings. The molecule has 0 saturated heterocycles. The van der Waals surface area contributed by atoms with Crippen LogP contribution in [0.2, 0.25) is 0 Å². The van der Waals surface area contributed by atoms with E-state index in [-0.39, 0.29) is 16.0 Å². The summed E-state index contributed by atoms with van der Waals surface area (Å²) in [6.07, 6.45) is 12.2. The molecule has 0 aromatic heterocycles. The van der Waals surface area contributed by atoms with Gasteiger partial charge in [0.15, 0.2) is 11.6 Å². The van der Waals surface area contributed by atoms with Crippen molar-refractivity contribution in [2.75, 3.05) is 6.61 Å². The Kier molecular flexibility index (Phi) is 7.67. The lowest BCUT2D eigenvalue weighted by molar-refractivity contribution is 0.127. The quantitative estimate of drug-likeness (QED) is 0.487. The molecule has 2 fully saturated rings. The number of aryl methyl sites for hydroxylation is 1. The van der Waals surface area contributed by atoms with Crippen molar-refractivity contribution in [2.24, 2.45) is 23.7 Å². The van der Waals surface area contributed by atoms with E-state index in [9.17, 15) is 8.78 Å². The van der Waals surface area contributed by atoms with Gasteiger partial charge in [0.05, 0.1) is 6.61 Å². The lowest BCUT2D eigenvalue weighted by atomic mass is 9.69. The van der Waals surface area contributed by atoms with Gasteiger partial charge in [0.25, 0.3) is 0 Å². The van der Waals surface area contributed by atoms with Gasteiger partial charge < -0.3 is 4.74 Å². The summed E-state index contributed by atoms with van der Waals surface area (Å²) in [5, 5.41) is 0. The van der Waals surface area contributed by atoms with Crippen LogP contribution in [0.15, 0.2) is 24.8 Å². The van der Waals surface area contributed by atoms with Crippen molar-refractivity contribution in [3.8, 4) is 5.75 Å². The largest absolute Gasteiger partial charge is 0.490 e. The Balaban J connectivity index is 0.00000243. The third kappa shape index (κ3) is 4.86. The molecular weight excluding hydrogens is 330 g/mol. The first-order valence-corrected chi connectivity index (χ1v) is 9.78. The average Bonchev–Trinajstić information content (AvgIpc) is 2.66. The third-order valence-corrected chi connectivity index (χ3v) is 6.42. The van der Waals surface area contributed by atoms with E-state index in [1.165, 1.54) is 44.6 Å². The van der Waals surface area contributed by atoms with E-state index in [4.69, 9.17) is 4.74 Å². The summed E-state index contributed by atoms with van der Waals surface area (Å²) in [4.78, 5) is 0. The van der Waals surface area contributed by atoms with Crippen molar-refractivity contribution >= 4 is 0 Å². The number of allylic oxidation sites excluding steroid dienone is 1. The maximum Gasteiger partial charge on any atom is 0.200 e. The van der Waals surface area contributed by atoms with Crippen LogP contribution in [-0.2, 0) is 0 Å². The zero-order chi connectivity index (χ0) is 17.8. The van der Waals surface area contributed by atoms with Gasteiger partial charge in [-0.25, -0.2) is 4.39 Å². The Hall–Kier alpha value is -1.38. The van der Waals surface area contributed by atoms with Crippen LogP contribution < -0.4 is 4.74 Å². The Labute approximate surface area is 160 Å². The fraction of sp³-hybridized carbons (Fsp3) is 0.652. The van der Waals surface area contributed by atoms with Crippen LogP contribution >= 0.6 is 0 Å². The van der Waals surface area contributed by atoms with Crippen molar-refractivity contribution in [1.29, 1.82) is 0 Å². The summed E-state index contributed by atoms with van der Waals surface area (Å²) in [6.45, 7) is 5.99. The van der Waals surface area contributed by atoms with E-state index in [2.05, 4.69) is 12.7 Å². The van der Waals surface area contributed by atoms with Gasteiger partial charge in [0.2, 0.25) is 5.82 Å². The minimum absolute atomic E-state index is 0.